The second-order valence-corrected chi connectivity index (χ2v) is 2.46. The summed E-state index contributed by atoms with van der Waals surface area (Å²) in [5, 5.41) is 10.5. The molecule has 1 aliphatic rings. The van der Waals surface area contributed by atoms with Crippen LogP contribution in [0.2, 0.25) is 0 Å². The van der Waals surface area contributed by atoms with Crippen molar-refractivity contribution in [1.29, 1.82) is 0 Å². The van der Waals surface area contributed by atoms with E-state index in [1.165, 1.54) is 4.68 Å². The average Bonchev–Trinajstić information content (AvgIpc) is 2.74. The lowest BCUT2D eigenvalue weighted by molar-refractivity contribution is -0.0496. The van der Waals surface area contributed by atoms with Crippen LogP contribution in [0, 0.1) is 6.33 Å². The van der Waals surface area contributed by atoms with E-state index in [1.54, 1.807) is 0 Å². The normalized spacial score (nSPS) is 18.7. The Hall–Kier alpha value is -1.01. The van der Waals surface area contributed by atoms with Crippen LogP contribution >= 0.6 is 0 Å². The molecule has 0 spiro atoms. The van der Waals surface area contributed by atoms with E-state index in [2.05, 4.69) is 21.9 Å². The molecule has 6 heteroatoms. The Balaban J connectivity index is 1.74. The van der Waals surface area contributed by atoms with E-state index < -0.39 is 0 Å². The van der Waals surface area contributed by atoms with Gasteiger partial charge in [0.25, 0.3) is 0 Å². The van der Waals surface area contributed by atoms with Crippen LogP contribution in [0.15, 0.2) is 0 Å². The third-order valence-electron chi connectivity index (χ3n) is 1.62. The molecule has 1 radical (unpaired) electrons. The highest BCUT2D eigenvalue weighted by Crippen LogP contribution is 2.07. The first-order chi connectivity index (χ1) is 5.95. The number of aryl methyl sites for hydroxylation is 1. The van der Waals surface area contributed by atoms with Gasteiger partial charge in [-0.1, -0.05) is 0 Å². The van der Waals surface area contributed by atoms with Crippen LogP contribution in [0.1, 0.15) is 6.42 Å². The van der Waals surface area contributed by atoms with Gasteiger partial charge in [0.05, 0.1) is 19.8 Å². The summed E-state index contributed by atoms with van der Waals surface area (Å²) < 4.78 is 12.0. The summed E-state index contributed by atoms with van der Waals surface area (Å²) in [5.74, 6) is 0. The highest BCUT2D eigenvalue weighted by atomic mass is 16.7. The molecule has 2 rings (SSSR count). The Bertz CT molecular complexity index is 219. The van der Waals surface area contributed by atoms with Crippen LogP contribution in [-0.2, 0) is 16.0 Å². The topological polar surface area (TPSA) is 62.1 Å². The molecular weight excluding hydrogens is 160 g/mol. The predicted octanol–water partition coefficient (Wildman–Crippen LogP) is -0.764. The third-order valence-corrected chi connectivity index (χ3v) is 1.62. The molecule has 2 heterocycles. The van der Waals surface area contributed by atoms with Gasteiger partial charge in [-0.3, -0.25) is 0 Å². The summed E-state index contributed by atoms with van der Waals surface area (Å²) in [6, 6.07) is 0. The van der Waals surface area contributed by atoms with Gasteiger partial charge in [0, 0.05) is 6.42 Å². The number of tetrazole rings is 1. The van der Waals surface area contributed by atoms with Crippen LogP contribution in [0.25, 0.3) is 0 Å². The second-order valence-electron chi connectivity index (χ2n) is 2.46. The molecule has 0 aromatic carbocycles. The maximum atomic E-state index is 5.23. The molecule has 1 aromatic heterocycles. The predicted molar refractivity (Wildman–Crippen MR) is 37.0 cm³/mol. The summed E-state index contributed by atoms with van der Waals surface area (Å²) in [5.41, 5.74) is 0. The fourth-order valence-electron chi connectivity index (χ4n) is 1.06. The number of aromatic nitrogens is 4. The molecule has 1 aromatic rings. The van der Waals surface area contributed by atoms with Crippen molar-refractivity contribution in [3.8, 4) is 0 Å². The maximum absolute atomic E-state index is 5.23. The minimum absolute atomic E-state index is 0.0948. The van der Waals surface area contributed by atoms with Crippen LogP contribution in [-0.4, -0.2) is 39.7 Å². The Morgan fingerprint density at radius 2 is 2.25 bits per heavy atom. The highest BCUT2D eigenvalue weighted by molar-refractivity contribution is 4.53. The molecule has 1 saturated heterocycles. The van der Waals surface area contributed by atoms with Gasteiger partial charge < -0.3 is 9.47 Å². The molecule has 0 N–H and O–H groups in total. The molecule has 1 aliphatic heterocycles. The minimum Gasteiger partial charge on any atom is -0.350 e. The van der Waals surface area contributed by atoms with Crippen LogP contribution in [0.3, 0.4) is 0 Å². The molecule has 0 atom stereocenters. The third kappa shape index (κ3) is 1.77. The molecule has 12 heavy (non-hydrogen) atoms. The fourth-order valence-corrected chi connectivity index (χ4v) is 1.06. The Labute approximate surface area is 69.5 Å². The zero-order chi connectivity index (χ0) is 8.23. The number of hydrogen-bond acceptors (Lipinski definition) is 5. The first kappa shape index (κ1) is 7.63. The summed E-state index contributed by atoms with van der Waals surface area (Å²) >= 11 is 0. The first-order valence-corrected chi connectivity index (χ1v) is 3.82. The monoisotopic (exact) mass is 169 g/mol. The molecular formula is C6H9N4O2. The van der Waals surface area contributed by atoms with Gasteiger partial charge in [-0.15, -0.1) is 5.10 Å². The van der Waals surface area contributed by atoms with Crippen molar-refractivity contribution in [2.24, 2.45) is 0 Å². The van der Waals surface area contributed by atoms with E-state index in [4.69, 9.17) is 9.47 Å². The van der Waals surface area contributed by atoms with Crippen molar-refractivity contribution in [3.63, 3.8) is 0 Å². The van der Waals surface area contributed by atoms with E-state index in [0.29, 0.717) is 19.8 Å². The molecule has 1 fully saturated rings. The van der Waals surface area contributed by atoms with E-state index in [0.717, 1.165) is 6.42 Å². The molecule has 6 nitrogen and oxygen atoms in total. The minimum atomic E-state index is -0.0948. The lowest BCUT2D eigenvalue weighted by Gasteiger charge is -2.06. The van der Waals surface area contributed by atoms with Gasteiger partial charge in [-0.25, -0.2) is 4.68 Å². The first-order valence-electron chi connectivity index (χ1n) is 3.82. The molecule has 0 saturated carbocycles. The summed E-state index contributed by atoms with van der Waals surface area (Å²) in [4.78, 5) is 0. The SMILES string of the molecule is [c]1nnnn1CCC1OCCO1. The van der Waals surface area contributed by atoms with Crippen LogP contribution < -0.4 is 0 Å². The van der Waals surface area contributed by atoms with Gasteiger partial charge in [-0.2, -0.15) is 0 Å². The van der Waals surface area contributed by atoms with Gasteiger partial charge in [0.1, 0.15) is 0 Å². The quantitative estimate of drug-likeness (QED) is 0.595. The van der Waals surface area contributed by atoms with Gasteiger partial charge in [0.2, 0.25) is 6.33 Å². The van der Waals surface area contributed by atoms with E-state index in [1.807, 2.05) is 0 Å². The summed E-state index contributed by atoms with van der Waals surface area (Å²) in [6.45, 7) is 2.05. The summed E-state index contributed by atoms with van der Waals surface area (Å²) in [6.07, 6.45) is 3.27. The van der Waals surface area contributed by atoms with Crippen molar-refractivity contribution < 1.29 is 9.47 Å². The number of ether oxygens (including phenoxy) is 2. The smallest absolute Gasteiger partial charge is 0.221 e. The number of rotatable bonds is 3. The molecule has 65 valence electrons. The lowest BCUT2D eigenvalue weighted by Crippen LogP contribution is -2.12. The number of nitrogens with zero attached hydrogens (tertiary/aromatic N) is 4. The molecule has 0 aliphatic carbocycles. The van der Waals surface area contributed by atoms with Crippen molar-refractivity contribution in [1.82, 2.24) is 20.2 Å². The zero-order valence-electron chi connectivity index (χ0n) is 6.51. The molecule has 0 unspecified atom stereocenters. The standard InChI is InChI=1S/C6H9N4O2/c1(6-11-3-4-12-6)2-10-5-7-8-9-10/h6H,1-4H2. The zero-order valence-corrected chi connectivity index (χ0v) is 6.51. The van der Waals surface area contributed by atoms with Crippen molar-refractivity contribution in [2.75, 3.05) is 13.2 Å². The van der Waals surface area contributed by atoms with Crippen molar-refractivity contribution in [3.05, 3.63) is 6.33 Å². The van der Waals surface area contributed by atoms with E-state index in [9.17, 15) is 0 Å². The summed E-state index contributed by atoms with van der Waals surface area (Å²) in [7, 11) is 0. The largest absolute Gasteiger partial charge is 0.350 e. The van der Waals surface area contributed by atoms with Crippen LogP contribution in [0.4, 0.5) is 0 Å². The maximum Gasteiger partial charge on any atom is 0.221 e. The molecule has 0 amide bonds. The van der Waals surface area contributed by atoms with Gasteiger partial charge in [-0.05, 0) is 10.4 Å². The second kappa shape index (κ2) is 3.59. The highest BCUT2D eigenvalue weighted by Gasteiger charge is 2.15. The molecule has 0 bridgehead atoms. The fraction of sp³-hybridized carbons (Fsp3) is 0.833. The van der Waals surface area contributed by atoms with Gasteiger partial charge in [0.15, 0.2) is 6.29 Å². The van der Waals surface area contributed by atoms with E-state index >= 15 is 0 Å². The number of hydrogen-bond donors (Lipinski definition) is 0. The Morgan fingerprint density at radius 1 is 1.42 bits per heavy atom. The van der Waals surface area contributed by atoms with Crippen molar-refractivity contribution in [2.45, 2.75) is 19.3 Å². The van der Waals surface area contributed by atoms with Crippen molar-refractivity contribution >= 4 is 0 Å². The lowest BCUT2D eigenvalue weighted by atomic mass is 10.4. The Morgan fingerprint density at radius 3 is 2.92 bits per heavy atom. The van der Waals surface area contributed by atoms with E-state index in [-0.39, 0.29) is 6.29 Å². The van der Waals surface area contributed by atoms with Gasteiger partial charge >= 0.3 is 0 Å². The van der Waals surface area contributed by atoms with Crippen LogP contribution in [0.5, 0.6) is 0 Å². The Kier molecular flexibility index (Phi) is 2.28. The average molecular weight is 169 g/mol.